The highest BCUT2D eigenvalue weighted by molar-refractivity contribution is 8.16. The summed E-state index contributed by atoms with van der Waals surface area (Å²) in [6.45, 7) is 3.33. The quantitative estimate of drug-likeness (QED) is 0.803. The smallest absolute Gasteiger partial charge is 0.295 e. The number of rotatable bonds is 5. The molecule has 0 radical (unpaired) electrons. The number of aryl methyl sites for hydroxylation is 2. The first kappa shape index (κ1) is 18.0. The largest absolute Gasteiger partial charge is 0.548 e. The molecule has 0 aromatic heterocycles. The van der Waals surface area contributed by atoms with Gasteiger partial charge in [0, 0.05) is 5.69 Å². The van der Waals surface area contributed by atoms with Gasteiger partial charge in [0.05, 0.1) is 18.2 Å². The van der Waals surface area contributed by atoms with Crippen LogP contribution >= 0.6 is 11.8 Å². The number of nitrogens with zero attached hydrogens (tertiary/aromatic N) is 2. The highest BCUT2D eigenvalue weighted by Crippen LogP contribution is 2.35. The fourth-order valence-corrected chi connectivity index (χ4v) is 3.73. The van der Waals surface area contributed by atoms with E-state index in [1.807, 2.05) is 38.1 Å². The Labute approximate surface area is 155 Å². The molecule has 3 rings (SSSR count). The van der Waals surface area contributed by atoms with Gasteiger partial charge >= 0.3 is 0 Å². The second kappa shape index (κ2) is 7.21. The van der Waals surface area contributed by atoms with Crippen molar-refractivity contribution in [1.29, 1.82) is 0 Å². The Hall–Kier alpha value is -2.80. The van der Waals surface area contributed by atoms with E-state index in [0.29, 0.717) is 11.4 Å². The second-order valence-electron chi connectivity index (χ2n) is 6.08. The fraction of sp³-hybridized carbons (Fsp3) is 0.211. The number of carbonyl (C=O) groups excluding carboxylic acids is 3. The van der Waals surface area contributed by atoms with Crippen molar-refractivity contribution in [1.82, 2.24) is 0 Å². The molecule has 1 heterocycles. The van der Waals surface area contributed by atoms with Gasteiger partial charge in [-0.25, -0.2) is 4.90 Å². The first-order chi connectivity index (χ1) is 12.4. The van der Waals surface area contributed by atoms with Crippen molar-refractivity contribution >= 4 is 40.3 Å². The molecular weight excluding hydrogens is 352 g/mol. The van der Waals surface area contributed by atoms with Gasteiger partial charge in [-0.3, -0.25) is 9.59 Å². The third-order valence-corrected chi connectivity index (χ3v) is 5.13. The van der Waals surface area contributed by atoms with Crippen LogP contribution in [0.15, 0.2) is 48.5 Å². The molecule has 0 spiro atoms. The van der Waals surface area contributed by atoms with Crippen molar-refractivity contribution in [3.63, 3.8) is 0 Å². The predicted octanol–water partition coefficient (Wildman–Crippen LogP) is 2.09. The van der Waals surface area contributed by atoms with E-state index < -0.39 is 29.0 Å². The molecule has 2 aromatic carbocycles. The highest BCUT2D eigenvalue weighted by Gasteiger charge is 2.44. The van der Waals surface area contributed by atoms with Crippen molar-refractivity contribution in [2.24, 2.45) is 0 Å². The van der Waals surface area contributed by atoms with Crippen LogP contribution in [0.25, 0.3) is 0 Å². The van der Waals surface area contributed by atoms with Gasteiger partial charge < -0.3 is 14.8 Å². The van der Waals surface area contributed by atoms with Crippen LogP contribution in [0.4, 0.5) is 16.2 Å². The summed E-state index contributed by atoms with van der Waals surface area (Å²) in [5, 5.41) is 9.83. The van der Waals surface area contributed by atoms with Crippen molar-refractivity contribution in [3.8, 4) is 0 Å². The SMILES string of the molecule is Cc1ccc(N2C(=O)S[C@H](N(CC(=O)[O-])c3ccc(C)cc3)C2=O)cc1. The molecule has 0 N–H and O–H groups in total. The van der Waals surface area contributed by atoms with Gasteiger partial charge in [-0.15, -0.1) is 0 Å². The Morgan fingerprint density at radius 3 is 2.12 bits per heavy atom. The molecule has 0 unspecified atom stereocenters. The first-order valence-corrected chi connectivity index (χ1v) is 8.89. The Bertz CT molecular complexity index is 849. The second-order valence-corrected chi connectivity index (χ2v) is 7.11. The topological polar surface area (TPSA) is 80.8 Å². The average molecular weight is 369 g/mol. The molecule has 2 amide bonds. The van der Waals surface area contributed by atoms with Gasteiger partial charge in [-0.2, -0.15) is 0 Å². The highest BCUT2D eigenvalue weighted by atomic mass is 32.2. The molecule has 2 aromatic rings. The summed E-state index contributed by atoms with van der Waals surface area (Å²) >= 11 is 0.802. The van der Waals surface area contributed by atoms with E-state index in [0.717, 1.165) is 27.8 Å². The Morgan fingerprint density at radius 1 is 1.04 bits per heavy atom. The molecule has 6 nitrogen and oxygen atoms in total. The average Bonchev–Trinajstić information content (AvgIpc) is 2.89. The van der Waals surface area contributed by atoms with Crippen LogP contribution < -0.4 is 14.9 Å². The Balaban J connectivity index is 1.93. The number of imide groups is 1. The number of hydrogen-bond acceptors (Lipinski definition) is 6. The van der Waals surface area contributed by atoms with Crippen molar-refractivity contribution in [2.45, 2.75) is 19.2 Å². The zero-order chi connectivity index (χ0) is 18.8. The molecule has 134 valence electrons. The summed E-state index contributed by atoms with van der Waals surface area (Å²) in [6, 6.07) is 14.1. The number of thioether (sulfide) groups is 1. The molecule has 1 fully saturated rings. The summed E-state index contributed by atoms with van der Waals surface area (Å²) in [6.07, 6.45) is 0. The van der Waals surface area contributed by atoms with Crippen LogP contribution in [0.3, 0.4) is 0 Å². The Kier molecular flexibility index (Phi) is 4.99. The minimum absolute atomic E-state index is 0.431. The van der Waals surface area contributed by atoms with Crippen LogP contribution in [-0.4, -0.2) is 29.0 Å². The number of anilines is 2. The van der Waals surface area contributed by atoms with Gasteiger partial charge in [0.15, 0.2) is 5.37 Å². The standard InChI is InChI=1S/C19H18N2O4S/c1-12-3-7-14(8-4-12)20(11-16(22)23)18-17(24)21(19(25)26-18)15-9-5-13(2)6-10-15/h3-10,18H,11H2,1-2H3,(H,22,23)/p-1/t18-/m0/s1. The van der Waals surface area contributed by atoms with E-state index in [2.05, 4.69) is 0 Å². The lowest BCUT2D eigenvalue weighted by molar-refractivity contribution is -0.303. The molecule has 0 saturated carbocycles. The molecule has 1 aliphatic rings. The molecule has 1 atom stereocenters. The van der Waals surface area contributed by atoms with E-state index in [1.54, 1.807) is 24.3 Å². The maximum absolute atomic E-state index is 12.9. The van der Waals surface area contributed by atoms with Crippen LogP contribution in [0.2, 0.25) is 0 Å². The van der Waals surface area contributed by atoms with E-state index >= 15 is 0 Å². The molecule has 26 heavy (non-hydrogen) atoms. The van der Waals surface area contributed by atoms with Gasteiger partial charge in [-0.1, -0.05) is 35.4 Å². The lowest BCUT2D eigenvalue weighted by atomic mass is 10.2. The zero-order valence-corrected chi connectivity index (χ0v) is 15.2. The third kappa shape index (κ3) is 3.57. The maximum atomic E-state index is 12.9. The van der Waals surface area contributed by atoms with Crippen molar-refractivity contribution in [3.05, 3.63) is 59.7 Å². The summed E-state index contributed by atoms with van der Waals surface area (Å²) in [4.78, 5) is 39.0. The fourth-order valence-electron chi connectivity index (χ4n) is 2.71. The molecule has 0 aliphatic carbocycles. The summed E-state index contributed by atoms with van der Waals surface area (Å²) in [7, 11) is 0. The summed E-state index contributed by atoms with van der Waals surface area (Å²) in [5.41, 5.74) is 3.03. The molecule has 1 aliphatic heterocycles. The number of amides is 2. The maximum Gasteiger partial charge on any atom is 0.295 e. The van der Waals surface area contributed by atoms with E-state index in [1.165, 1.54) is 4.90 Å². The monoisotopic (exact) mass is 369 g/mol. The summed E-state index contributed by atoms with van der Waals surface area (Å²) in [5.74, 6) is -1.79. The van der Waals surface area contributed by atoms with E-state index in [4.69, 9.17) is 0 Å². The first-order valence-electron chi connectivity index (χ1n) is 8.01. The van der Waals surface area contributed by atoms with Gasteiger partial charge in [-0.05, 0) is 49.9 Å². The van der Waals surface area contributed by atoms with E-state index in [9.17, 15) is 19.5 Å². The molecule has 0 bridgehead atoms. The van der Waals surface area contributed by atoms with Gasteiger partial charge in [0.1, 0.15) is 0 Å². The van der Waals surface area contributed by atoms with Crippen molar-refractivity contribution in [2.75, 3.05) is 16.3 Å². The van der Waals surface area contributed by atoms with Crippen LogP contribution in [0, 0.1) is 13.8 Å². The van der Waals surface area contributed by atoms with E-state index in [-0.39, 0.29) is 0 Å². The number of carboxylic acids is 1. The summed E-state index contributed by atoms with van der Waals surface area (Å²) < 4.78 is 0. The minimum atomic E-state index is -1.32. The number of hydrogen-bond donors (Lipinski definition) is 0. The number of aliphatic carboxylic acids is 1. The zero-order valence-electron chi connectivity index (χ0n) is 14.3. The molecular formula is C19H17N2O4S-. The van der Waals surface area contributed by atoms with Crippen molar-refractivity contribution < 1.29 is 19.5 Å². The predicted molar refractivity (Wildman–Crippen MR) is 99.0 cm³/mol. The molecule has 1 saturated heterocycles. The van der Waals surface area contributed by atoms with Crippen LogP contribution in [0.5, 0.6) is 0 Å². The lowest BCUT2D eigenvalue weighted by Crippen LogP contribution is -2.47. The molecule has 7 heteroatoms. The lowest BCUT2D eigenvalue weighted by Gasteiger charge is -2.29. The van der Waals surface area contributed by atoms with Crippen LogP contribution in [-0.2, 0) is 9.59 Å². The normalized spacial score (nSPS) is 16.8. The van der Waals surface area contributed by atoms with Gasteiger partial charge in [0.25, 0.3) is 11.1 Å². The Morgan fingerprint density at radius 2 is 1.58 bits per heavy atom. The number of carboxylic acid groups (broad SMARTS) is 1. The number of carbonyl (C=O) groups is 3. The van der Waals surface area contributed by atoms with Gasteiger partial charge in [0.2, 0.25) is 0 Å². The third-order valence-electron chi connectivity index (χ3n) is 4.07. The number of benzene rings is 2. The van der Waals surface area contributed by atoms with Crippen LogP contribution in [0.1, 0.15) is 11.1 Å². The minimum Gasteiger partial charge on any atom is -0.548 e.